The second-order valence-electron chi connectivity index (χ2n) is 9.32. The number of carbonyl (C=O) groups excluding carboxylic acids is 2. The van der Waals surface area contributed by atoms with Gasteiger partial charge in [0.2, 0.25) is 11.9 Å². The molecule has 0 radical (unpaired) electrons. The highest BCUT2D eigenvalue weighted by atomic mass is 16.3. The highest BCUT2D eigenvalue weighted by Crippen LogP contribution is 2.11. The van der Waals surface area contributed by atoms with Crippen LogP contribution in [0.4, 0.5) is 0 Å². The molecule has 6 heteroatoms. The van der Waals surface area contributed by atoms with Crippen LogP contribution in [0.2, 0.25) is 0 Å². The van der Waals surface area contributed by atoms with Crippen molar-refractivity contribution in [3.8, 4) is 0 Å². The second-order valence-corrected chi connectivity index (χ2v) is 9.32. The zero-order valence-electron chi connectivity index (χ0n) is 22.0. The van der Waals surface area contributed by atoms with E-state index in [4.69, 9.17) is 0 Å². The Morgan fingerprint density at radius 3 is 1.70 bits per heavy atom. The van der Waals surface area contributed by atoms with E-state index >= 15 is 0 Å². The van der Waals surface area contributed by atoms with E-state index in [-0.39, 0.29) is 24.1 Å². The maximum atomic E-state index is 12.6. The van der Waals surface area contributed by atoms with Gasteiger partial charge in [0, 0.05) is 25.9 Å². The minimum Gasteiger partial charge on any atom is -0.464 e. The molecule has 2 amide bonds. The van der Waals surface area contributed by atoms with Crippen LogP contribution in [-0.2, 0) is 9.59 Å². The van der Waals surface area contributed by atoms with E-state index in [2.05, 4.69) is 36.4 Å². The van der Waals surface area contributed by atoms with E-state index in [1.165, 1.54) is 57.8 Å². The number of amides is 2. The van der Waals surface area contributed by atoms with E-state index < -0.39 is 6.04 Å². The van der Waals surface area contributed by atoms with Gasteiger partial charge in [-0.25, -0.2) is 4.99 Å². The molecule has 0 fully saturated rings. The summed E-state index contributed by atoms with van der Waals surface area (Å²) in [4.78, 5) is 27.6. The van der Waals surface area contributed by atoms with Crippen molar-refractivity contribution in [2.24, 2.45) is 0 Å². The van der Waals surface area contributed by atoms with Gasteiger partial charge in [-0.05, 0) is 19.3 Å². The van der Waals surface area contributed by atoms with Crippen LogP contribution in [0.25, 0.3) is 0 Å². The predicted octanol–water partition coefficient (Wildman–Crippen LogP) is 4.71. The molecule has 0 aliphatic rings. The van der Waals surface area contributed by atoms with E-state index in [0.717, 1.165) is 38.5 Å². The molecule has 0 heterocycles. The van der Waals surface area contributed by atoms with E-state index in [1.54, 1.807) is 0 Å². The molecule has 0 aromatic rings. The molecular weight excluding hydrogens is 414 g/mol. The molecule has 194 valence electrons. The molecule has 0 spiro atoms. The number of hydrogen-bond acceptors (Lipinski definition) is 2. The van der Waals surface area contributed by atoms with E-state index in [0.29, 0.717) is 25.9 Å². The van der Waals surface area contributed by atoms with Crippen molar-refractivity contribution in [3.63, 3.8) is 0 Å². The fraction of sp³-hybridized carbons (Fsp3) is 0.889. The highest BCUT2D eigenvalue weighted by Gasteiger charge is 2.24. The van der Waals surface area contributed by atoms with Gasteiger partial charge in [0.15, 0.2) is 0 Å². The zero-order chi connectivity index (χ0) is 24.6. The lowest BCUT2D eigenvalue weighted by Crippen LogP contribution is -2.83. The number of aliphatic hydroxyl groups excluding tert-OH is 1. The molecule has 6 nitrogen and oxygen atoms in total. The molecule has 0 rings (SSSR count). The normalized spacial score (nSPS) is 12.5. The van der Waals surface area contributed by atoms with Gasteiger partial charge in [-0.15, -0.1) is 0 Å². The fourth-order valence-corrected chi connectivity index (χ4v) is 3.78. The maximum Gasteiger partial charge on any atom is 0.332 e. The number of hydrogen-bond donors (Lipinski definition) is 4. The van der Waals surface area contributed by atoms with Crippen molar-refractivity contribution in [1.29, 1.82) is 0 Å². The topological polar surface area (TPSA) is 92.4 Å². The van der Waals surface area contributed by atoms with Crippen LogP contribution in [0.5, 0.6) is 0 Å². The van der Waals surface area contributed by atoms with Crippen molar-refractivity contribution in [2.45, 2.75) is 142 Å². The van der Waals surface area contributed by atoms with Gasteiger partial charge in [0.25, 0.3) is 5.91 Å². The number of carbonyl (C=O) groups is 2. The highest BCUT2D eigenvalue weighted by molar-refractivity contribution is 5.82. The van der Waals surface area contributed by atoms with Gasteiger partial charge in [-0.1, -0.05) is 97.8 Å². The monoisotopic (exact) mass is 468 g/mol. The van der Waals surface area contributed by atoms with Crippen LogP contribution < -0.4 is 15.6 Å². The van der Waals surface area contributed by atoms with Crippen molar-refractivity contribution >= 4 is 17.7 Å². The van der Waals surface area contributed by atoms with Gasteiger partial charge >= 0.3 is 5.90 Å². The zero-order valence-corrected chi connectivity index (χ0v) is 22.0. The lowest BCUT2D eigenvalue weighted by molar-refractivity contribution is -0.498. The summed E-state index contributed by atoms with van der Waals surface area (Å²) in [5.41, 5.74) is 0. The Labute approximate surface area is 203 Å². The van der Waals surface area contributed by atoms with Crippen molar-refractivity contribution < 1.29 is 19.7 Å². The summed E-state index contributed by atoms with van der Waals surface area (Å²) >= 11 is 0. The molecule has 0 saturated carbocycles. The molecular formula is C27H54N3O3+. The van der Waals surface area contributed by atoms with Crippen molar-refractivity contribution in [1.82, 2.24) is 10.6 Å². The standard InChI is InChI=1S/C27H53N3O3/c1-4-7-10-11-12-13-14-15-16-17-18-19-26(32)30-24(27(33)29-23-9-6-3)20-21-25(31)28-22-8-5-2/h24H,4-23H2,1-3H3,(H,28,31)(H,29,33)(H,30,32)/p+1. The summed E-state index contributed by atoms with van der Waals surface area (Å²) in [6.07, 6.45) is 19.0. The van der Waals surface area contributed by atoms with Crippen molar-refractivity contribution in [3.05, 3.63) is 0 Å². The molecule has 0 aliphatic carbocycles. The minimum absolute atomic E-state index is 0.0403. The Hall–Kier alpha value is -1.59. The summed E-state index contributed by atoms with van der Waals surface area (Å²) in [5, 5.41) is 16.2. The number of nitrogens with one attached hydrogen (secondary N) is 3. The molecule has 1 atom stereocenters. The van der Waals surface area contributed by atoms with Gasteiger partial charge in [-0.3, -0.25) is 9.59 Å². The second kappa shape index (κ2) is 23.6. The molecule has 33 heavy (non-hydrogen) atoms. The third-order valence-corrected chi connectivity index (χ3v) is 6.02. The van der Waals surface area contributed by atoms with Crippen LogP contribution in [0.15, 0.2) is 0 Å². The molecule has 1 unspecified atom stereocenters. The third-order valence-electron chi connectivity index (χ3n) is 6.02. The Kier molecular flexibility index (Phi) is 22.4. The smallest absolute Gasteiger partial charge is 0.332 e. The first-order valence-electron chi connectivity index (χ1n) is 13.9. The number of unbranched alkanes of at least 4 members (excludes halogenated alkanes) is 12. The predicted molar refractivity (Wildman–Crippen MR) is 139 cm³/mol. The number of aliphatic hydroxyl groups is 1. The Morgan fingerprint density at radius 2 is 1.15 bits per heavy atom. The Balaban J connectivity index is 4.27. The van der Waals surface area contributed by atoms with Crippen LogP contribution in [0.3, 0.4) is 0 Å². The van der Waals surface area contributed by atoms with E-state index in [9.17, 15) is 14.7 Å². The first-order chi connectivity index (χ1) is 16.0. The molecule has 0 bridgehead atoms. The Morgan fingerprint density at radius 1 is 0.667 bits per heavy atom. The SMILES string of the molecule is CCCCCCCCCCCCCC(O)=[NH+]C(CCC(=O)NCCCC)C(=O)NCCCC. The van der Waals surface area contributed by atoms with Crippen LogP contribution >= 0.6 is 0 Å². The summed E-state index contributed by atoms with van der Waals surface area (Å²) < 4.78 is 0. The van der Waals surface area contributed by atoms with Crippen LogP contribution in [0, 0.1) is 0 Å². The average Bonchev–Trinajstić information content (AvgIpc) is 2.80. The Bertz CT molecular complexity index is 509. The van der Waals surface area contributed by atoms with Gasteiger partial charge in [0.1, 0.15) is 0 Å². The first-order valence-corrected chi connectivity index (χ1v) is 13.9. The molecule has 0 aliphatic heterocycles. The fourth-order valence-electron chi connectivity index (χ4n) is 3.78. The minimum atomic E-state index is -0.577. The van der Waals surface area contributed by atoms with Crippen LogP contribution in [0.1, 0.15) is 136 Å². The molecule has 4 N–H and O–H groups in total. The maximum absolute atomic E-state index is 12.6. The van der Waals surface area contributed by atoms with Gasteiger partial charge < -0.3 is 15.7 Å². The molecule has 0 aromatic carbocycles. The molecule has 0 saturated heterocycles. The largest absolute Gasteiger partial charge is 0.464 e. The van der Waals surface area contributed by atoms with Gasteiger partial charge in [0.05, 0.1) is 6.42 Å². The van der Waals surface area contributed by atoms with Gasteiger partial charge in [-0.2, -0.15) is 0 Å². The van der Waals surface area contributed by atoms with E-state index in [1.807, 2.05) is 0 Å². The lowest BCUT2D eigenvalue weighted by atomic mass is 10.1. The van der Waals surface area contributed by atoms with Crippen molar-refractivity contribution in [2.75, 3.05) is 13.1 Å². The summed E-state index contributed by atoms with van der Waals surface area (Å²) in [6, 6.07) is -0.577. The lowest BCUT2D eigenvalue weighted by Gasteiger charge is -2.10. The summed E-state index contributed by atoms with van der Waals surface area (Å²) in [5.74, 6) is -0.0234. The third kappa shape index (κ3) is 20.7. The summed E-state index contributed by atoms with van der Waals surface area (Å²) in [7, 11) is 0. The molecule has 0 aromatic heterocycles. The quantitative estimate of drug-likeness (QED) is 0.0994. The summed E-state index contributed by atoms with van der Waals surface area (Å²) in [6.45, 7) is 7.71. The average molecular weight is 469 g/mol. The van der Waals surface area contributed by atoms with Crippen LogP contribution in [-0.4, -0.2) is 41.9 Å². The number of rotatable bonds is 23. The first kappa shape index (κ1) is 31.4.